The molecule has 0 atom stereocenters. The van der Waals surface area contributed by atoms with E-state index in [1.165, 1.54) is 0 Å². The van der Waals surface area contributed by atoms with Crippen LogP contribution in [0.4, 0.5) is 79.0 Å². The molecule has 0 amide bonds. The first-order valence-corrected chi connectivity index (χ1v) is 5.15. The van der Waals surface area contributed by atoms with Crippen molar-refractivity contribution >= 4 is 12.4 Å². The van der Waals surface area contributed by atoms with Crippen molar-refractivity contribution in [3.63, 3.8) is 0 Å². The topological polar surface area (TPSA) is 0 Å². The third-order valence-corrected chi connectivity index (χ3v) is 2.68. The first kappa shape index (κ1) is 28.2. The first-order valence-electron chi connectivity index (χ1n) is 5.15. The number of rotatable bonds is 5. The normalized spacial score (nSPS) is 16.2. The highest BCUT2D eigenvalue weighted by molar-refractivity contribution is 5.85. The maximum Gasteiger partial charge on any atom is 0.460 e. The van der Waals surface area contributed by atoms with Crippen LogP contribution in [0.3, 0.4) is 0 Å². The van der Waals surface area contributed by atoms with Gasteiger partial charge in [-0.25, -0.2) is 0 Å². The quantitative estimate of drug-likeness (QED) is 0.408. The molecule has 0 nitrogen and oxygen atoms in total. The Morgan fingerprint density at radius 1 is 0.222 bits per heavy atom. The summed E-state index contributed by atoms with van der Waals surface area (Å²) in [5.41, 5.74) is 0. The zero-order valence-electron chi connectivity index (χ0n) is 11.2. The third-order valence-electron chi connectivity index (χ3n) is 2.68. The molecule has 0 bridgehead atoms. The monoisotopic (exact) mass is 474 g/mol. The van der Waals surface area contributed by atoms with E-state index in [1.807, 2.05) is 0 Å². The fraction of sp³-hybridized carbons (Fsp3) is 1.00. The summed E-state index contributed by atoms with van der Waals surface area (Å²) >= 11 is 0. The Hall–Kier alpha value is -0.970. The van der Waals surface area contributed by atoms with Crippen molar-refractivity contribution in [2.24, 2.45) is 0 Å². The standard InChI is InChI=1S/C8F18.ClH/c9-1(10,3(13,14)5(17,18)7(21,22)23)2(11,12)4(15,16)6(19,20)8(24,25)26;/h;1H. The van der Waals surface area contributed by atoms with Crippen LogP contribution in [0.5, 0.6) is 0 Å². The highest BCUT2D eigenvalue weighted by atomic mass is 35.5. The molecule has 0 aliphatic carbocycles. The fourth-order valence-corrected chi connectivity index (χ4v) is 1.14. The van der Waals surface area contributed by atoms with Crippen molar-refractivity contribution in [2.45, 2.75) is 47.9 Å². The minimum atomic E-state index is -8.72. The molecule has 0 saturated heterocycles. The van der Waals surface area contributed by atoms with Gasteiger partial charge in [0.15, 0.2) is 0 Å². The van der Waals surface area contributed by atoms with Gasteiger partial charge in [-0.05, 0) is 0 Å². The summed E-state index contributed by atoms with van der Waals surface area (Å²) in [4.78, 5) is 0. The molecule has 166 valence electrons. The Labute approximate surface area is 140 Å². The summed E-state index contributed by atoms with van der Waals surface area (Å²) in [5.74, 6) is -51.0. The molecule has 0 aromatic heterocycles. The zero-order chi connectivity index (χ0) is 22.0. The minimum Gasteiger partial charge on any atom is -0.192 e. The van der Waals surface area contributed by atoms with Gasteiger partial charge >= 0.3 is 47.9 Å². The molecule has 0 aromatic rings. The summed E-state index contributed by atoms with van der Waals surface area (Å²) in [7, 11) is 0. The van der Waals surface area contributed by atoms with Crippen LogP contribution in [0.1, 0.15) is 0 Å². The van der Waals surface area contributed by atoms with Gasteiger partial charge in [0.25, 0.3) is 0 Å². The van der Waals surface area contributed by atoms with Crippen LogP contribution in [0.2, 0.25) is 0 Å². The molecule has 0 radical (unpaired) electrons. The Bertz CT molecular complexity index is 474. The van der Waals surface area contributed by atoms with Gasteiger partial charge < -0.3 is 0 Å². The van der Waals surface area contributed by atoms with Crippen molar-refractivity contribution in [1.29, 1.82) is 0 Å². The summed E-state index contributed by atoms with van der Waals surface area (Å²) in [6.07, 6.45) is -15.6. The van der Waals surface area contributed by atoms with E-state index < -0.39 is 47.9 Å². The van der Waals surface area contributed by atoms with Gasteiger partial charge in [-0.15, -0.1) is 12.4 Å². The SMILES string of the molecule is Cl.FC(F)(F)C(F)(F)C(F)(F)C(F)(F)C(F)(F)C(F)(F)C(F)(F)C(F)(F)F. The Balaban J connectivity index is 0. The maximum absolute atomic E-state index is 12.8. The maximum atomic E-state index is 12.8. The average Bonchev–Trinajstić information content (AvgIpc) is 2.34. The third kappa shape index (κ3) is 3.45. The summed E-state index contributed by atoms with van der Waals surface area (Å²) in [6.45, 7) is 0. The summed E-state index contributed by atoms with van der Waals surface area (Å²) < 4.78 is 221. The Morgan fingerprint density at radius 3 is 0.444 bits per heavy atom. The second-order valence-corrected chi connectivity index (χ2v) is 4.44. The molecule has 0 aromatic carbocycles. The number of hydrogen-bond acceptors (Lipinski definition) is 0. The van der Waals surface area contributed by atoms with Gasteiger partial charge in [0.1, 0.15) is 0 Å². The second kappa shape index (κ2) is 6.53. The van der Waals surface area contributed by atoms with Crippen LogP contribution < -0.4 is 0 Å². The lowest BCUT2D eigenvalue weighted by molar-refractivity contribution is -0.468. The molecule has 27 heavy (non-hydrogen) atoms. The predicted molar refractivity (Wildman–Crippen MR) is 49.0 cm³/mol. The van der Waals surface area contributed by atoms with Gasteiger partial charge in [0, 0.05) is 0 Å². The van der Waals surface area contributed by atoms with Gasteiger partial charge in [0.2, 0.25) is 0 Å². The molecular weight excluding hydrogens is 474 g/mol. The fourth-order valence-electron chi connectivity index (χ4n) is 1.14. The van der Waals surface area contributed by atoms with Crippen LogP contribution in [0, 0.1) is 0 Å². The average molecular weight is 475 g/mol. The van der Waals surface area contributed by atoms with Crippen molar-refractivity contribution < 1.29 is 79.0 Å². The van der Waals surface area contributed by atoms with Crippen molar-refractivity contribution in [1.82, 2.24) is 0 Å². The van der Waals surface area contributed by atoms with E-state index in [0.717, 1.165) is 0 Å². The lowest BCUT2D eigenvalue weighted by Crippen LogP contribution is -2.74. The number of halogens is 19. The Morgan fingerprint density at radius 2 is 0.333 bits per heavy atom. The first-order chi connectivity index (χ1) is 10.8. The molecule has 0 fully saturated rings. The van der Waals surface area contributed by atoms with E-state index >= 15 is 0 Å². The lowest BCUT2D eigenvalue weighted by Gasteiger charge is -2.41. The second-order valence-electron chi connectivity index (χ2n) is 4.44. The summed E-state index contributed by atoms with van der Waals surface area (Å²) in [5, 5.41) is 0. The molecule has 0 spiro atoms. The minimum absolute atomic E-state index is 0. The predicted octanol–water partition coefficient (Wildman–Crippen LogP) is 6.34. The van der Waals surface area contributed by atoms with E-state index in [2.05, 4.69) is 0 Å². The van der Waals surface area contributed by atoms with E-state index in [-0.39, 0.29) is 12.4 Å². The van der Waals surface area contributed by atoms with Gasteiger partial charge in [-0.1, -0.05) is 0 Å². The molecule has 0 aliphatic heterocycles. The van der Waals surface area contributed by atoms with E-state index in [0.29, 0.717) is 0 Å². The van der Waals surface area contributed by atoms with E-state index in [4.69, 9.17) is 0 Å². The largest absolute Gasteiger partial charge is 0.460 e. The molecule has 0 saturated carbocycles. The molecule has 0 heterocycles. The smallest absolute Gasteiger partial charge is 0.192 e. The molecule has 0 aliphatic rings. The van der Waals surface area contributed by atoms with Crippen molar-refractivity contribution in [3.05, 3.63) is 0 Å². The number of hydrogen-bond donors (Lipinski definition) is 0. The molecular formula is C8HClF18. The molecule has 0 rings (SSSR count). The van der Waals surface area contributed by atoms with Gasteiger partial charge in [-0.2, -0.15) is 79.0 Å². The van der Waals surface area contributed by atoms with Crippen LogP contribution in [-0.2, 0) is 0 Å². The van der Waals surface area contributed by atoms with Gasteiger partial charge in [-0.3, -0.25) is 0 Å². The lowest BCUT2D eigenvalue weighted by atomic mass is 9.91. The van der Waals surface area contributed by atoms with Gasteiger partial charge in [0.05, 0.1) is 0 Å². The van der Waals surface area contributed by atoms with Crippen molar-refractivity contribution in [2.75, 3.05) is 0 Å². The molecule has 19 heteroatoms. The van der Waals surface area contributed by atoms with Crippen LogP contribution >= 0.6 is 12.4 Å². The number of alkyl halides is 18. The van der Waals surface area contributed by atoms with Crippen LogP contribution in [0.25, 0.3) is 0 Å². The van der Waals surface area contributed by atoms with E-state index in [1.54, 1.807) is 0 Å². The van der Waals surface area contributed by atoms with Crippen LogP contribution in [0.15, 0.2) is 0 Å². The molecule has 0 N–H and O–H groups in total. The van der Waals surface area contributed by atoms with Crippen molar-refractivity contribution in [3.8, 4) is 0 Å². The zero-order valence-corrected chi connectivity index (χ0v) is 12.0. The highest BCUT2D eigenvalue weighted by Gasteiger charge is 2.95. The summed E-state index contributed by atoms with van der Waals surface area (Å²) in [6, 6.07) is 0. The Kier molecular flexibility index (Phi) is 6.84. The highest BCUT2D eigenvalue weighted by Crippen LogP contribution is 2.63. The van der Waals surface area contributed by atoms with E-state index in [9.17, 15) is 79.0 Å². The van der Waals surface area contributed by atoms with Crippen LogP contribution in [-0.4, -0.2) is 47.9 Å². The molecule has 0 unspecified atom stereocenters.